The fourth-order valence-electron chi connectivity index (χ4n) is 2.51. The maximum Gasteiger partial charge on any atom is 0.317 e. The van der Waals surface area contributed by atoms with E-state index in [2.05, 4.69) is 0 Å². The number of aliphatic carboxylic acids is 1. The third kappa shape index (κ3) is 3.72. The van der Waals surface area contributed by atoms with E-state index in [1.807, 2.05) is 12.3 Å². The minimum Gasteiger partial charge on any atom is -0.480 e. The van der Waals surface area contributed by atoms with Gasteiger partial charge in [-0.3, -0.25) is 9.69 Å². The van der Waals surface area contributed by atoms with E-state index in [0.717, 1.165) is 5.56 Å². The molecule has 8 heteroatoms. The number of nitrogens with zero attached hydrogens (tertiary/aromatic N) is 1. The van der Waals surface area contributed by atoms with Crippen LogP contribution in [0.3, 0.4) is 0 Å². The Morgan fingerprint density at radius 3 is 2.80 bits per heavy atom. The van der Waals surface area contributed by atoms with E-state index in [4.69, 9.17) is 16.7 Å². The van der Waals surface area contributed by atoms with Crippen LogP contribution in [0.25, 0.3) is 0 Å². The summed E-state index contributed by atoms with van der Waals surface area (Å²) in [6.45, 7) is 1.71. The first kappa shape index (κ1) is 15.8. The molecule has 1 aliphatic rings. The van der Waals surface area contributed by atoms with Gasteiger partial charge in [-0.1, -0.05) is 11.6 Å². The summed E-state index contributed by atoms with van der Waals surface area (Å²) in [5.41, 5.74) is 0.922. The highest BCUT2D eigenvalue weighted by Crippen LogP contribution is 2.31. The Labute approximate surface area is 127 Å². The van der Waals surface area contributed by atoms with Crippen molar-refractivity contribution in [3.8, 4) is 0 Å². The molecular weight excluding hydrogens is 322 g/mol. The molecule has 1 N–H and O–H groups in total. The van der Waals surface area contributed by atoms with Crippen LogP contribution in [0.15, 0.2) is 11.4 Å². The van der Waals surface area contributed by atoms with Crippen molar-refractivity contribution in [2.45, 2.75) is 25.4 Å². The van der Waals surface area contributed by atoms with Crippen LogP contribution in [-0.4, -0.2) is 48.5 Å². The van der Waals surface area contributed by atoms with Crippen LogP contribution in [-0.2, 0) is 14.6 Å². The first-order valence-electron chi connectivity index (χ1n) is 6.20. The molecule has 2 rings (SSSR count). The minimum absolute atomic E-state index is 0.0302. The molecule has 0 radical (unpaired) electrons. The molecule has 1 aromatic heterocycles. The molecule has 1 aromatic rings. The Balaban J connectivity index is 2.21. The van der Waals surface area contributed by atoms with Crippen LogP contribution in [0.5, 0.6) is 0 Å². The topological polar surface area (TPSA) is 74.7 Å². The molecule has 2 unspecified atom stereocenters. The third-order valence-electron chi connectivity index (χ3n) is 3.56. The van der Waals surface area contributed by atoms with Crippen LogP contribution < -0.4 is 0 Å². The van der Waals surface area contributed by atoms with Gasteiger partial charge in [0.25, 0.3) is 0 Å². The first-order valence-corrected chi connectivity index (χ1v) is 9.28. The predicted octanol–water partition coefficient (Wildman–Crippen LogP) is 2.04. The molecule has 0 aromatic carbocycles. The molecule has 1 fully saturated rings. The second-order valence-electron chi connectivity index (χ2n) is 4.98. The number of carbonyl (C=O) groups is 1. The zero-order chi connectivity index (χ0) is 14.9. The molecule has 112 valence electrons. The van der Waals surface area contributed by atoms with Gasteiger partial charge in [-0.25, -0.2) is 8.42 Å². The molecule has 1 saturated heterocycles. The lowest BCUT2D eigenvalue weighted by Gasteiger charge is -2.32. The van der Waals surface area contributed by atoms with Crippen molar-refractivity contribution in [3.05, 3.63) is 21.3 Å². The fourth-order valence-corrected chi connectivity index (χ4v) is 5.23. The predicted molar refractivity (Wildman–Crippen MR) is 79.1 cm³/mol. The van der Waals surface area contributed by atoms with Gasteiger partial charge in [0.05, 0.1) is 22.4 Å². The molecule has 20 heavy (non-hydrogen) atoms. The summed E-state index contributed by atoms with van der Waals surface area (Å²) in [6.07, 6.45) is 0.484. The highest BCUT2D eigenvalue weighted by Gasteiger charge is 2.35. The van der Waals surface area contributed by atoms with E-state index < -0.39 is 15.8 Å². The quantitative estimate of drug-likeness (QED) is 0.889. The summed E-state index contributed by atoms with van der Waals surface area (Å²) in [5.74, 6) is -0.796. The SMILES string of the molecule is CC(c1csc(Cl)c1)N(CC(=O)O)C1CCS(=O)(=O)C1. The normalized spacial score (nSPS) is 23.1. The summed E-state index contributed by atoms with van der Waals surface area (Å²) in [4.78, 5) is 12.8. The fraction of sp³-hybridized carbons (Fsp3) is 0.583. The second kappa shape index (κ2) is 6.01. The van der Waals surface area contributed by atoms with Crippen LogP contribution in [0.1, 0.15) is 24.9 Å². The summed E-state index contributed by atoms with van der Waals surface area (Å²) >= 11 is 7.29. The smallest absolute Gasteiger partial charge is 0.317 e. The van der Waals surface area contributed by atoms with Crippen LogP contribution >= 0.6 is 22.9 Å². The first-order chi connectivity index (χ1) is 9.28. The van der Waals surface area contributed by atoms with Crippen molar-refractivity contribution in [2.75, 3.05) is 18.1 Å². The lowest BCUT2D eigenvalue weighted by Crippen LogP contribution is -2.41. The molecule has 2 heterocycles. The van der Waals surface area contributed by atoms with Crippen molar-refractivity contribution in [2.24, 2.45) is 0 Å². The van der Waals surface area contributed by atoms with E-state index in [1.165, 1.54) is 11.3 Å². The lowest BCUT2D eigenvalue weighted by molar-refractivity contribution is -0.139. The van der Waals surface area contributed by atoms with Crippen molar-refractivity contribution in [3.63, 3.8) is 0 Å². The third-order valence-corrected chi connectivity index (χ3v) is 6.42. The van der Waals surface area contributed by atoms with Crippen molar-refractivity contribution in [1.82, 2.24) is 4.90 Å². The van der Waals surface area contributed by atoms with Crippen LogP contribution in [0.2, 0.25) is 4.34 Å². The van der Waals surface area contributed by atoms with E-state index in [-0.39, 0.29) is 30.1 Å². The van der Waals surface area contributed by atoms with Gasteiger partial charge >= 0.3 is 5.97 Å². The van der Waals surface area contributed by atoms with Gasteiger partial charge in [0.2, 0.25) is 0 Å². The molecular formula is C12H16ClNO4S2. The van der Waals surface area contributed by atoms with Gasteiger partial charge in [0.1, 0.15) is 0 Å². The molecule has 2 atom stereocenters. The number of sulfone groups is 1. The highest BCUT2D eigenvalue weighted by molar-refractivity contribution is 7.91. The van der Waals surface area contributed by atoms with Crippen molar-refractivity contribution < 1.29 is 18.3 Å². The summed E-state index contributed by atoms with van der Waals surface area (Å²) in [7, 11) is -3.04. The molecule has 0 aliphatic carbocycles. The largest absolute Gasteiger partial charge is 0.480 e. The zero-order valence-electron chi connectivity index (χ0n) is 11.0. The number of rotatable bonds is 5. The Hall–Kier alpha value is -0.630. The van der Waals surface area contributed by atoms with Crippen LogP contribution in [0.4, 0.5) is 0 Å². The molecule has 0 spiro atoms. The Bertz CT molecular complexity index is 598. The zero-order valence-corrected chi connectivity index (χ0v) is 13.3. The molecule has 0 amide bonds. The van der Waals surface area contributed by atoms with E-state index >= 15 is 0 Å². The maximum absolute atomic E-state index is 11.6. The van der Waals surface area contributed by atoms with E-state index in [1.54, 1.807) is 11.0 Å². The highest BCUT2D eigenvalue weighted by atomic mass is 35.5. The van der Waals surface area contributed by atoms with Gasteiger partial charge in [0.15, 0.2) is 9.84 Å². The Morgan fingerprint density at radius 2 is 2.35 bits per heavy atom. The molecule has 0 bridgehead atoms. The van der Waals surface area contributed by atoms with Gasteiger partial charge in [0, 0.05) is 12.1 Å². The van der Waals surface area contributed by atoms with Gasteiger partial charge in [-0.15, -0.1) is 11.3 Å². The Kier molecular flexibility index (Phi) is 4.73. The molecule has 5 nitrogen and oxygen atoms in total. The average Bonchev–Trinajstić information content (AvgIpc) is 2.91. The number of thiophene rings is 1. The number of halogens is 1. The summed E-state index contributed by atoms with van der Waals surface area (Å²) < 4.78 is 23.8. The summed E-state index contributed by atoms with van der Waals surface area (Å²) in [5, 5.41) is 10.9. The van der Waals surface area contributed by atoms with Gasteiger partial charge in [-0.05, 0) is 30.4 Å². The average molecular weight is 338 g/mol. The standard InChI is InChI=1S/C12H16ClNO4S2/c1-8(9-4-11(13)19-6-9)14(5-12(15)16)10-2-3-20(17,18)7-10/h4,6,8,10H,2-3,5,7H2,1H3,(H,15,16). The van der Waals surface area contributed by atoms with Gasteiger partial charge in [-0.2, -0.15) is 0 Å². The van der Waals surface area contributed by atoms with Crippen molar-refractivity contribution >= 4 is 38.7 Å². The maximum atomic E-state index is 11.6. The number of carboxylic acids is 1. The van der Waals surface area contributed by atoms with Crippen LogP contribution in [0, 0.1) is 0 Å². The molecule has 1 aliphatic heterocycles. The molecule has 0 saturated carbocycles. The number of carboxylic acid groups (broad SMARTS) is 1. The minimum atomic E-state index is -3.04. The number of hydrogen-bond donors (Lipinski definition) is 1. The van der Waals surface area contributed by atoms with E-state index in [9.17, 15) is 13.2 Å². The summed E-state index contributed by atoms with van der Waals surface area (Å²) in [6, 6.07) is 1.38. The lowest BCUT2D eigenvalue weighted by atomic mass is 10.1. The second-order valence-corrected chi connectivity index (χ2v) is 8.75. The number of hydrogen-bond acceptors (Lipinski definition) is 5. The van der Waals surface area contributed by atoms with Gasteiger partial charge < -0.3 is 5.11 Å². The monoisotopic (exact) mass is 337 g/mol. The Morgan fingerprint density at radius 1 is 1.65 bits per heavy atom. The van der Waals surface area contributed by atoms with E-state index in [0.29, 0.717) is 10.8 Å². The van der Waals surface area contributed by atoms with Crippen molar-refractivity contribution in [1.29, 1.82) is 0 Å².